The SMILES string of the molecule is COc1ccccc1OC1=C(NOC(=O)Sc2ccc(C(C)(C)CO)cc2)N(C)C(c2ncccn2)N=C1OCC(O)(O)O. The Kier molecular flexibility index (Phi) is 10.3. The second kappa shape index (κ2) is 13.9. The number of hydroxylamine groups is 1. The van der Waals surface area contributed by atoms with E-state index in [1.54, 1.807) is 49.5 Å². The maximum atomic E-state index is 12.9. The number of aliphatic imine (C=N–C) groups is 1. The number of nitrogens with zero attached hydrogens (tertiary/aromatic N) is 4. The lowest BCUT2D eigenvalue weighted by Crippen LogP contribution is -2.42. The van der Waals surface area contributed by atoms with Crippen molar-refractivity contribution < 1.29 is 44.3 Å². The van der Waals surface area contributed by atoms with Gasteiger partial charge in [0.05, 0.1) is 13.7 Å². The predicted molar refractivity (Wildman–Crippen MR) is 158 cm³/mol. The standard InChI is InChI=1S/C29H33N5O9S/c1-28(2,16-35)18-10-12-19(13-11-18)44-27(36)43-33-24-22(42-21-9-6-5-8-20(21)40-4)26(41-17-29(37,38)39)32-25(34(24)3)23-30-14-7-15-31-23/h5-15,25,33,35,37-39H,16-17H2,1-4H3. The normalized spacial score (nSPS) is 15.4. The molecule has 0 fully saturated rings. The number of aromatic nitrogens is 2. The Labute approximate surface area is 257 Å². The number of thioether (sulfide) groups is 1. The zero-order chi connectivity index (χ0) is 31.9. The molecule has 2 heterocycles. The molecule has 0 amide bonds. The van der Waals surface area contributed by atoms with E-state index in [0.717, 1.165) is 17.3 Å². The summed E-state index contributed by atoms with van der Waals surface area (Å²) in [6, 6.07) is 15.4. The summed E-state index contributed by atoms with van der Waals surface area (Å²) in [6.07, 6.45) is 2.06. The average molecular weight is 628 g/mol. The number of rotatable bonds is 11. The van der Waals surface area contributed by atoms with Crippen LogP contribution < -0.4 is 15.0 Å². The number of carbonyl (C=O) groups excluding carboxylic acids is 1. The van der Waals surface area contributed by atoms with Crippen molar-refractivity contribution in [2.24, 2.45) is 4.99 Å². The highest BCUT2D eigenvalue weighted by molar-refractivity contribution is 8.13. The molecule has 1 aliphatic rings. The van der Waals surface area contributed by atoms with Gasteiger partial charge in [0.1, 0.15) is 0 Å². The molecule has 1 aliphatic heterocycles. The van der Waals surface area contributed by atoms with Crippen LogP contribution in [0.4, 0.5) is 4.79 Å². The Morgan fingerprint density at radius 2 is 1.68 bits per heavy atom. The van der Waals surface area contributed by atoms with E-state index in [9.17, 15) is 25.2 Å². The highest BCUT2D eigenvalue weighted by Gasteiger charge is 2.36. The lowest BCUT2D eigenvalue weighted by molar-refractivity contribution is -0.324. The molecule has 0 bridgehead atoms. The Hall–Kier alpha value is -4.41. The van der Waals surface area contributed by atoms with E-state index in [1.807, 2.05) is 26.0 Å². The number of aliphatic hydroxyl groups excluding tert-OH is 1. The number of ether oxygens (including phenoxy) is 3. The first kappa shape index (κ1) is 32.5. The van der Waals surface area contributed by atoms with Crippen LogP contribution in [0.25, 0.3) is 0 Å². The number of hydrogen-bond donors (Lipinski definition) is 5. The average Bonchev–Trinajstić information content (AvgIpc) is 3.01. The number of carbonyl (C=O) groups is 1. The molecular weight excluding hydrogens is 594 g/mol. The molecule has 0 aliphatic carbocycles. The molecule has 0 saturated heterocycles. The third-order valence-electron chi connectivity index (χ3n) is 6.33. The van der Waals surface area contributed by atoms with E-state index >= 15 is 0 Å². The van der Waals surface area contributed by atoms with E-state index < -0.39 is 29.5 Å². The molecule has 0 saturated carbocycles. The van der Waals surface area contributed by atoms with Crippen LogP contribution in [0.1, 0.15) is 31.4 Å². The second-order valence-corrected chi connectivity index (χ2v) is 11.2. The quantitative estimate of drug-likeness (QED) is 0.118. The molecule has 1 unspecified atom stereocenters. The van der Waals surface area contributed by atoms with Gasteiger partial charge in [-0.15, -0.1) is 0 Å². The largest absolute Gasteiger partial charge is 0.493 e. The minimum absolute atomic E-state index is 0.0202. The molecule has 234 valence electrons. The van der Waals surface area contributed by atoms with Crippen molar-refractivity contribution in [1.29, 1.82) is 0 Å². The van der Waals surface area contributed by atoms with Gasteiger partial charge in [-0.25, -0.2) is 19.8 Å². The molecule has 3 aromatic rings. The van der Waals surface area contributed by atoms with Gasteiger partial charge >= 0.3 is 11.3 Å². The van der Waals surface area contributed by atoms with Crippen LogP contribution in [-0.2, 0) is 15.0 Å². The van der Waals surface area contributed by atoms with Gasteiger partial charge in [0.25, 0.3) is 5.90 Å². The third kappa shape index (κ3) is 8.15. The first-order valence-electron chi connectivity index (χ1n) is 13.2. The summed E-state index contributed by atoms with van der Waals surface area (Å²) in [5.41, 5.74) is 3.07. The van der Waals surface area contributed by atoms with Crippen LogP contribution in [0, 0.1) is 0 Å². The first-order chi connectivity index (χ1) is 20.9. The zero-order valence-corrected chi connectivity index (χ0v) is 25.2. The number of hydrogen-bond acceptors (Lipinski definition) is 15. The summed E-state index contributed by atoms with van der Waals surface area (Å²) in [6.45, 7) is 2.77. The first-order valence-corrected chi connectivity index (χ1v) is 14.0. The van der Waals surface area contributed by atoms with Crippen LogP contribution in [0.5, 0.6) is 11.5 Å². The lowest BCUT2D eigenvalue weighted by Gasteiger charge is -2.34. The lowest BCUT2D eigenvalue weighted by atomic mass is 9.86. The summed E-state index contributed by atoms with van der Waals surface area (Å²) in [4.78, 5) is 33.4. The summed E-state index contributed by atoms with van der Waals surface area (Å²) in [5, 5.41) is 37.5. The molecule has 1 atom stereocenters. The minimum Gasteiger partial charge on any atom is -0.493 e. The second-order valence-electron chi connectivity index (χ2n) is 10.1. The summed E-state index contributed by atoms with van der Waals surface area (Å²) < 4.78 is 17.0. The smallest absolute Gasteiger partial charge is 0.396 e. The molecule has 44 heavy (non-hydrogen) atoms. The van der Waals surface area contributed by atoms with E-state index in [1.165, 1.54) is 24.4 Å². The molecule has 15 heteroatoms. The molecular formula is C29H33N5O9S. The van der Waals surface area contributed by atoms with Crippen molar-refractivity contribution in [2.45, 2.75) is 36.3 Å². The summed E-state index contributed by atoms with van der Waals surface area (Å²) >= 11 is 0.810. The van der Waals surface area contributed by atoms with Gasteiger partial charge in [-0.1, -0.05) is 38.1 Å². The highest BCUT2D eigenvalue weighted by Crippen LogP contribution is 2.34. The fraction of sp³-hybridized carbons (Fsp3) is 0.310. The molecule has 0 radical (unpaired) electrons. The van der Waals surface area contributed by atoms with Crippen molar-refractivity contribution in [1.82, 2.24) is 20.3 Å². The van der Waals surface area contributed by atoms with Gasteiger partial charge in [-0.3, -0.25) is 0 Å². The van der Waals surface area contributed by atoms with Gasteiger partial charge in [0, 0.05) is 29.8 Å². The van der Waals surface area contributed by atoms with Crippen LogP contribution in [0.15, 0.2) is 88.5 Å². The molecule has 4 rings (SSSR count). The number of para-hydroxylation sites is 2. The Balaban J connectivity index is 1.66. The topological polar surface area (TPSA) is 188 Å². The molecule has 0 spiro atoms. The predicted octanol–water partition coefficient (Wildman–Crippen LogP) is 2.43. The zero-order valence-electron chi connectivity index (χ0n) is 24.4. The van der Waals surface area contributed by atoms with E-state index in [4.69, 9.17) is 19.0 Å². The summed E-state index contributed by atoms with van der Waals surface area (Å²) in [5.74, 6) is -2.84. The Morgan fingerprint density at radius 1 is 1.02 bits per heavy atom. The molecule has 5 N–H and O–H groups in total. The van der Waals surface area contributed by atoms with Crippen molar-refractivity contribution in [3.05, 3.63) is 90.0 Å². The van der Waals surface area contributed by atoms with E-state index in [2.05, 4.69) is 20.4 Å². The maximum absolute atomic E-state index is 12.9. The van der Waals surface area contributed by atoms with Crippen LogP contribution in [0.3, 0.4) is 0 Å². The Bertz CT molecular complexity index is 1500. The van der Waals surface area contributed by atoms with Crippen molar-refractivity contribution in [3.8, 4) is 11.5 Å². The molecule has 2 aromatic carbocycles. The fourth-order valence-corrected chi connectivity index (χ4v) is 4.43. The van der Waals surface area contributed by atoms with Gasteiger partial charge in [-0.2, -0.15) is 5.48 Å². The van der Waals surface area contributed by atoms with Gasteiger partial charge in [0.15, 0.2) is 35.9 Å². The number of aliphatic hydroxyl groups is 4. The van der Waals surface area contributed by atoms with Crippen LogP contribution in [0.2, 0.25) is 0 Å². The minimum atomic E-state index is -3.20. The highest BCUT2D eigenvalue weighted by atomic mass is 32.2. The maximum Gasteiger partial charge on any atom is 0.396 e. The number of nitrogens with one attached hydrogen (secondary N) is 1. The number of benzene rings is 2. The Morgan fingerprint density at radius 3 is 2.30 bits per heavy atom. The summed E-state index contributed by atoms with van der Waals surface area (Å²) in [7, 11) is 3.05. The third-order valence-corrected chi connectivity index (χ3v) is 7.09. The van der Waals surface area contributed by atoms with E-state index in [0.29, 0.717) is 10.6 Å². The molecule has 1 aromatic heterocycles. The monoisotopic (exact) mass is 627 g/mol. The number of methoxy groups -OCH3 is 1. The molecule has 14 nitrogen and oxygen atoms in total. The van der Waals surface area contributed by atoms with Crippen molar-refractivity contribution in [2.75, 3.05) is 27.4 Å². The van der Waals surface area contributed by atoms with Crippen molar-refractivity contribution in [3.63, 3.8) is 0 Å². The fourth-order valence-electron chi connectivity index (χ4n) is 3.88. The van der Waals surface area contributed by atoms with Gasteiger partial charge < -0.3 is 44.4 Å². The van der Waals surface area contributed by atoms with Crippen LogP contribution >= 0.6 is 11.8 Å². The van der Waals surface area contributed by atoms with Crippen molar-refractivity contribution >= 4 is 23.0 Å². The van der Waals surface area contributed by atoms with E-state index in [-0.39, 0.29) is 35.7 Å². The van der Waals surface area contributed by atoms with Gasteiger partial charge in [-0.05, 0) is 47.7 Å². The van der Waals surface area contributed by atoms with Crippen LogP contribution in [-0.4, -0.2) is 79.8 Å². The van der Waals surface area contributed by atoms with Gasteiger partial charge in [0.2, 0.25) is 5.76 Å².